The lowest BCUT2D eigenvalue weighted by Gasteiger charge is -2.27. The van der Waals surface area contributed by atoms with Gasteiger partial charge in [0.25, 0.3) is 11.1 Å². The highest BCUT2D eigenvalue weighted by Crippen LogP contribution is 2.32. The average Bonchev–Trinajstić information content (AvgIpc) is 3.55. The molecular weight excluding hydrogens is 430 g/mol. The second-order valence-corrected chi connectivity index (χ2v) is 8.38. The van der Waals surface area contributed by atoms with Crippen LogP contribution in [0, 0.1) is 13.8 Å². The van der Waals surface area contributed by atoms with Crippen molar-refractivity contribution < 1.29 is 23.1 Å². The Morgan fingerprint density at radius 2 is 2.00 bits per heavy atom. The van der Waals surface area contributed by atoms with Crippen LogP contribution in [0.15, 0.2) is 62.8 Å². The fourth-order valence-corrected chi connectivity index (χ4v) is 4.34. The number of carbonyl (C=O) groups excluding carboxylic acids is 1. The molecule has 5 rings (SSSR count). The molecule has 1 aliphatic rings. The Morgan fingerprint density at radius 1 is 1.16 bits per heavy atom. The molecular formula is C23H21N3O5S. The van der Waals surface area contributed by atoms with E-state index in [4.69, 9.17) is 18.3 Å². The van der Waals surface area contributed by atoms with Crippen molar-refractivity contribution in [2.75, 3.05) is 12.4 Å². The molecule has 0 saturated carbocycles. The van der Waals surface area contributed by atoms with Crippen molar-refractivity contribution in [1.82, 2.24) is 14.8 Å². The summed E-state index contributed by atoms with van der Waals surface area (Å²) in [4.78, 5) is 12.9. The van der Waals surface area contributed by atoms with Crippen LogP contribution in [-0.2, 0) is 6.54 Å². The number of hydrogen-bond acceptors (Lipinski definition) is 8. The number of ether oxygens (including phenoxy) is 2. The van der Waals surface area contributed by atoms with Crippen molar-refractivity contribution in [3.05, 3.63) is 65.7 Å². The molecule has 32 heavy (non-hydrogen) atoms. The van der Waals surface area contributed by atoms with Crippen molar-refractivity contribution in [2.24, 2.45) is 0 Å². The van der Waals surface area contributed by atoms with Crippen molar-refractivity contribution in [3.8, 4) is 23.1 Å². The average molecular weight is 452 g/mol. The van der Waals surface area contributed by atoms with Gasteiger partial charge < -0.3 is 22.9 Å². The lowest BCUT2D eigenvalue weighted by Crippen LogP contribution is -2.33. The summed E-state index contributed by atoms with van der Waals surface area (Å²) in [5.74, 6) is 2.48. The molecule has 0 fully saturated rings. The number of ketones is 1. The van der Waals surface area contributed by atoms with E-state index >= 15 is 0 Å². The summed E-state index contributed by atoms with van der Waals surface area (Å²) in [5, 5.41) is 8.26. The zero-order valence-corrected chi connectivity index (χ0v) is 18.4. The number of aromatic nitrogens is 3. The number of nitrogens with zero attached hydrogens (tertiary/aromatic N) is 3. The molecule has 4 aromatic rings. The fourth-order valence-electron chi connectivity index (χ4n) is 3.69. The largest absolute Gasteiger partial charge is 0.486 e. The second kappa shape index (κ2) is 8.58. The van der Waals surface area contributed by atoms with Crippen LogP contribution in [0.2, 0.25) is 0 Å². The smallest absolute Gasteiger partial charge is 0.284 e. The van der Waals surface area contributed by atoms with Crippen LogP contribution in [0.5, 0.6) is 11.5 Å². The Balaban J connectivity index is 1.24. The summed E-state index contributed by atoms with van der Waals surface area (Å²) in [6, 6.07) is 13.0. The number of Topliss-reactive ketones (excluding diaryl/α,β-unsaturated/α-hetero) is 1. The highest BCUT2D eigenvalue weighted by atomic mass is 32.2. The predicted molar refractivity (Wildman–Crippen MR) is 117 cm³/mol. The third-order valence-electron chi connectivity index (χ3n) is 5.29. The highest BCUT2D eigenvalue weighted by Gasteiger charge is 2.24. The van der Waals surface area contributed by atoms with Gasteiger partial charge in [0.2, 0.25) is 0 Å². The van der Waals surface area contributed by atoms with Gasteiger partial charge in [0.1, 0.15) is 6.61 Å². The molecule has 8 nitrogen and oxygen atoms in total. The first-order chi connectivity index (χ1) is 15.6. The molecule has 0 N–H and O–H groups in total. The van der Waals surface area contributed by atoms with Gasteiger partial charge in [-0.2, -0.15) is 0 Å². The standard InChI is InChI=1S/C23H21N3O5S/c1-14-10-17(18(27)13-32-23-25-24-22(31-23)21-8-5-9-28-21)15(2)26(14)11-16-12-29-19-6-3-4-7-20(19)30-16/h3-10,16H,11-13H2,1-2H3/t16-/m1/s1. The van der Waals surface area contributed by atoms with Crippen molar-refractivity contribution in [2.45, 2.75) is 31.7 Å². The van der Waals surface area contributed by atoms with Crippen LogP contribution in [0.1, 0.15) is 21.7 Å². The fraction of sp³-hybridized carbons (Fsp3) is 0.261. The summed E-state index contributed by atoms with van der Waals surface area (Å²) in [5.41, 5.74) is 2.58. The molecule has 0 aliphatic carbocycles. The number of benzene rings is 1. The maximum absolute atomic E-state index is 12.9. The lowest BCUT2D eigenvalue weighted by molar-refractivity contribution is 0.0777. The van der Waals surface area contributed by atoms with Gasteiger partial charge in [0, 0.05) is 17.0 Å². The van der Waals surface area contributed by atoms with Crippen molar-refractivity contribution in [1.29, 1.82) is 0 Å². The quantitative estimate of drug-likeness (QED) is 0.298. The van der Waals surface area contributed by atoms with Gasteiger partial charge in [-0.25, -0.2) is 0 Å². The zero-order valence-electron chi connectivity index (χ0n) is 17.6. The summed E-state index contributed by atoms with van der Waals surface area (Å²) >= 11 is 1.21. The third kappa shape index (κ3) is 4.03. The molecule has 164 valence electrons. The number of para-hydroxylation sites is 2. The van der Waals surface area contributed by atoms with Crippen LogP contribution >= 0.6 is 11.8 Å². The maximum atomic E-state index is 12.9. The van der Waals surface area contributed by atoms with E-state index in [1.807, 2.05) is 44.2 Å². The van der Waals surface area contributed by atoms with Crippen LogP contribution in [0.3, 0.4) is 0 Å². The minimum Gasteiger partial charge on any atom is -0.486 e. The first kappa shape index (κ1) is 20.4. The molecule has 0 bridgehead atoms. The van der Waals surface area contributed by atoms with Gasteiger partial charge in [-0.15, -0.1) is 10.2 Å². The molecule has 0 unspecified atom stereocenters. The molecule has 1 aliphatic heterocycles. The summed E-state index contributed by atoms with van der Waals surface area (Å²) < 4.78 is 24.8. The van der Waals surface area contributed by atoms with Crippen LogP contribution in [-0.4, -0.2) is 39.0 Å². The molecule has 0 radical (unpaired) electrons. The van der Waals surface area contributed by atoms with Gasteiger partial charge in [-0.3, -0.25) is 4.79 Å². The number of rotatable bonds is 7. The van der Waals surface area contributed by atoms with E-state index in [0.29, 0.717) is 35.6 Å². The molecule has 0 spiro atoms. The number of fused-ring (bicyclic) bond motifs is 1. The maximum Gasteiger partial charge on any atom is 0.284 e. The zero-order chi connectivity index (χ0) is 22.1. The SMILES string of the molecule is Cc1cc(C(=O)CSc2nnc(-c3ccco3)o2)c(C)n1C[C@@H]1COc2ccccc2O1. The van der Waals surface area contributed by atoms with Gasteiger partial charge in [0.15, 0.2) is 29.1 Å². The Hall–Kier alpha value is -3.46. The lowest BCUT2D eigenvalue weighted by atomic mass is 10.2. The van der Waals surface area contributed by atoms with E-state index in [9.17, 15) is 4.79 Å². The topological polar surface area (TPSA) is 92.5 Å². The summed E-state index contributed by atoms with van der Waals surface area (Å²) in [6.07, 6.45) is 1.40. The molecule has 0 saturated heterocycles. The molecule has 4 heterocycles. The number of thioether (sulfide) groups is 1. The van der Waals surface area contributed by atoms with Gasteiger partial charge >= 0.3 is 0 Å². The van der Waals surface area contributed by atoms with Crippen LogP contribution in [0.25, 0.3) is 11.7 Å². The minimum atomic E-state index is -0.134. The van der Waals surface area contributed by atoms with Crippen molar-refractivity contribution >= 4 is 17.5 Å². The molecule has 9 heteroatoms. The van der Waals surface area contributed by atoms with Gasteiger partial charge in [0.05, 0.1) is 18.6 Å². The number of hydrogen-bond donors (Lipinski definition) is 0. The minimum absolute atomic E-state index is 0.00161. The predicted octanol–water partition coefficient (Wildman–Crippen LogP) is 4.56. The van der Waals surface area contributed by atoms with Gasteiger partial charge in [-0.05, 0) is 44.2 Å². The first-order valence-corrected chi connectivity index (χ1v) is 11.2. The van der Waals surface area contributed by atoms with E-state index in [2.05, 4.69) is 14.8 Å². The Kier molecular flexibility index (Phi) is 5.48. The Labute approximate surface area is 188 Å². The Morgan fingerprint density at radius 3 is 2.81 bits per heavy atom. The number of furan rings is 1. The number of carbonyl (C=O) groups is 1. The number of aryl methyl sites for hydroxylation is 1. The summed E-state index contributed by atoms with van der Waals surface area (Å²) in [6.45, 7) is 5.00. The van der Waals surface area contributed by atoms with E-state index in [1.54, 1.807) is 12.1 Å². The third-order valence-corrected chi connectivity index (χ3v) is 6.11. The highest BCUT2D eigenvalue weighted by molar-refractivity contribution is 7.99. The van der Waals surface area contributed by atoms with Crippen molar-refractivity contribution in [3.63, 3.8) is 0 Å². The Bertz CT molecular complexity index is 1240. The van der Waals surface area contributed by atoms with E-state index < -0.39 is 0 Å². The second-order valence-electron chi connectivity index (χ2n) is 7.46. The van der Waals surface area contributed by atoms with Crippen LogP contribution in [0.4, 0.5) is 0 Å². The van der Waals surface area contributed by atoms with E-state index in [-0.39, 0.29) is 17.6 Å². The molecule has 1 aromatic carbocycles. The monoisotopic (exact) mass is 451 g/mol. The molecule has 0 amide bonds. The van der Waals surface area contributed by atoms with Crippen LogP contribution < -0.4 is 9.47 Å². The molecule has 1 atom stereocenters. The molecule has 3 aromatic heterocycles. The normalized spacial score (nSPS) is 15.1. The summed E-state index contributed by atoms with van der Waals surface area (Å²) in [7, 11) is 0. The van der Waals surface area contributed by atoms with Gasteiger partial charge in [-0.1, -0.05) is 23.9 Å². The van der Waals surface area contributed by atoms with E-state index in [1.165, 1.54) is 18.0 Å². The van der Waals surface area contributed by atoms with E-state index in [0.717, 1.165) is 22.9 Å². The first-order valence-electron chi connectivity index (χ1n) is 10.2.